The summed E-state index contributed by atoms with van der Waals surface area (Å²) in [5, 5.41) is 3.72. The fourth-order valence-corrected chi connectivity index (χ4v) is 4.27. The van der Waals surface area contributed by atoms with Gasteiger partial charge in [0.05, 0.1) is 0 Å². The van der Waals surface area contributed by atoms with Crippen molar-refractivity contribution in [2.75, 3.05) is 45.1 Å². The number of piperazine rings is 1. The predicted molar refractivity (Wildman–Crippen MR) is 99.5 cm³/mol. The van der Waals surface area contributed by atoms with Crippen LogP contribution in [0.4, 0.5) is 5.82 Å². The molecule has 134 valence electrons. The maximum Gasteiger partial charge on any atom is 0.132 e. The molecule has 1 saturated heterocycles. The fourth-order valence-electron chi connectivity index (χ4n) is 4.27. The summed E-state index contributed by atoms with van der Waals surface area (Å²) in [4.78, 5) is 14.3. The standard InChI is InChI=1S/C19H33N5/c1-4-7-17-14-20-16(2)22-18(17)21-15-19(8-5-6-9-19)24-12-10-23(3)11-13-24/h14H,4-13,15H2,1-3H3,(H,20,21,22). The van der Waals surface area contributed by atoms with Gasteiger partial charge >= 0.3 is 0 Å². The number of rotatable bonds is 6. The Morgan fingerprint density at radius 1 is 1.17 bits per heavy atom. The Bertz CT molecular complexity index is 531. The average Bonchev–Trinajstić information content (AvgIpc) is 3.06. The Balaban J connectivity index is 1.72. The SMILES string of the molecule is CCCc1cnc(C)nc1NCC1(N2CCN(C)CC2)CCCC1. The van der Waals surface area contributed by atoms with E-state index in [9.17, 15) is 0 Å². The highest BCUT2D eigenvalue weighted by molar-refractivity contribution is 5.43. The first-order valence-corrected chi connectivity index (χ1v) is 9.63. The van der Waals surface area contributed by atoms with Crippen LogP contribution in [0.5, 0.6) is 0 Å². The maximum atomic E-state index is 4.69. The normalized spacial score (nSPS) is 22.0. The van der Waals surface area contributed by atoms with Crippen molar-refractivity contribution in [3.8, 4) is 0 Å². The second kappa shape index (κ2) is 7.79. The molecule has 0 bridgehead atoms. The second-order valence-corrected chi connectivity index (χ2v) is 7.62. The van der Waals surface area contributed by atoms with Gasteiger partial charge in [-0.2, -0.15) is 0 Å². The molecule has 1 aliphatic heterocycles. The van der Waals surface area contributed by atoms with E-state index in [0.717, 1.165) is 31.0 Å². The highest BCUT2D eigenvalue weighted by Gasteiger charge is 2.40. The fraction of sp³-hybridized carbons (Fsp3) is 0.789. The number of aryl methyl sites for hydroxylation is 2. The predicted octanol–water partition coefficient (Wildman–Crippen LogP) is 2.71. The highest BCUT2D eigenvalue weighted by atomic mass is 15.3. The summed E-state index contributed by atoms with van der Waals surface area (Å²) < 4.78 is 0. The van der Waals surface area contributed by atoms with Gasteiger partial charge in [0.15, 0.2) is 0 Å². The zero-order valence-electron chi connectivity index (χ0n) is 15.6. The van der Waals surface area contributed by atoms with Crippen molar-refractivity contribution >= 4 is 5.82 Å². The van der Waals surface area contributed by atoms with E-state index in [1.807, 2.05) is 13.1 Å². The zero-order valence-corrected chi connectivity index (χ0v) is 15.6. The molecule has 24 heavy (non-hydrogen) atoms. The molecule has 0 atom stereocenters. The van der Waals surface area contributed by atoms with E-state index in [1.54, 1.807) is 0 Å². The molecule has 3 rings (SSSR count). The summed E-state index contributed by atoms with van der Waals surface area (Å²) in [6.07, 6.45) is 9.53. The highest BCUT2D eigenvalue weighted by Crippen LogP contribution is 2.36. The van der Waals surface area contributed by atoms with Crippen molar-refractivity contribution in [3.05, 3.63) is 17.6 Å². The molecule has 1 N–H and O–H groups in total. The molecule has 0 aromatic carbocycles. The molecule has 2 fully saturated rings. The van der Waals surface area contributed by atoms with Crippen LogP contribution in [0.15, 0.2) is 6.20 Å². The number of hydrogen-bond donors (Lipinski definition) is 1. The minimum absolute atomic E-state index is 0.323. The molecule has 0 amide bonds. The van der Waals surface area contributed by atoms with E-state index < -0.39 is 0 Å². The molecule has 1 saturated carbocycles. The largest absolute Gasteiger partial charge is 0.368 e. The monoisotopic (exact) mass is 331 g/mol. The first-order chi connectivity index (χ1) is 11.6. The van der Waals surface area contributed by atoms with Crippen LogP contribution >= 0.6 is 0 Å². The van der Waals surface area contributed by atoms with Crippen molar-refractivity contribution in [3.63, 3.8) is 0 Å². The molecular formula is C19H33N5. The zero-order chi connectivity index (χ0) is 17.0. The topological polar surface area (TPSA) is 44.3 Å². The maximum absolute atomic E-state index is 4.69. The van der Waals surface area contributed by atoms with Gasteiger partial charge < -0.3 is 10.2 Å². The summed E-state index contributed by atoms with van der Waals surface area (Å²) in [6, 6.07) is 0. The Morgan fingerprint density at radius 3 is 2.54 bits per heavy atom. The van der Waals surface area contributed by atoms with E-state index >= 15 is 0 Å². The lowest BCUT2D eigenvalue weighted by molar-refractivity contribution is 0.0510. The molecular weight excluding hydrogens is 298 g/mol. The van der Waals surface area contributed by atoms with Gasteiger partial charge in [0, 0.05) is 50.0 Å². The summed E-state index contributed by atoms with van der Waals surface area (Å²) in [7, 11) is 2.23. The van der Waals surface area contributed by atoms with Gasteiger partial charge in [-0.05, 0) is 33.2 Å². The number of anilines is 1. The van der Waals surface area contributed by atoms with E-state index in [0.29, 0.717) is 5.54 Å². The number of aromatic nitrogens is 2. The molecule has 0 radical (unpaired) electrons. The summed E-state index contributed by atoms with van der Waals surface area (Å²) in [6.45, 7) is 9.99. The summed E-state index contributed by atoms with van der Waals surface area (Å²) >= 11 is 0. The van der Waals surface area contributed by atoms with E-state index in [2.05, 4.69) is 34.1 Å². The van der Waals surface area contributed by atoms with E-state index in [1.165, 1.54) is 57.4 Å². The van der Waals surface area contributed by atoms with Crippen molar-refractivity contribution in [1.29, 1.82) is 0 Å². The van der Waals surface area contributed by atoms with E-state index in [-0.39, 0.29) is 0 Å². The van der Waals surface area contributed by atoms with Crippen LogP contribution in [0, 0.1) is 6.92 Å². The first kappa shape index (κ1) is 17.6. The molecule has 5 heteroatoms. The number of nitrogens with one attached hydrogen (secondary N) is 1. The minimum Gasteiger partial charge on any atom is -0.368 e. The van der Waals surface area contributed by atoms with Gasteiger partial charge in [-0.1, -0.05) is 26.2 Å². The van der Waals surface area contributed by atoms with Crippen molar-refractivity contribution in [2.24, 2.45) is 0 Å². The van der Waals surface area contributed by atoms with E-state index in [4.69, 9.17) is 4.98 Å². The third kappa shape index (κ3) is 3.89. The summed E-state index contributed by atoms with van der Waals surface area (Å²) in [5.74, 6) is 1.92. The van der Waals surface area contributed by atoms with Crippen LogP contribution in [0.3, 0.4) is 0 Å². The number of likely N-dealkylation sites (N-methyl/N-ethyl adjacent to an activating group) is 1. The Labute approximate surface area is 146 Å². The average molecular weight is 332 g/mol. The van der Waals surface area contributed by atoms with Gasteiger partial charge in [0.1, 0.15) is 11.6 Å². The number of nitrogens with zero attached hydrogens (tertiary/aromatic N) is 4. The van der Waals surface area contributed by atoms with Gasteiger partial charge in [-0.15, -0.1) is 0 Å². The lowest BCUT2D eigenvalue weighted by atomic mass is 9.93. The van der Waals surface area contributed by atoms with Crippen LogP contribution in [0.2, 0.25) is 0 Å². The lowest BCUT2D eigenvalue weighted by Crippen LogP contribution is -2.58. The van der Waals surface area contributed by atoms with Crippen molar-refractivity contribution in [1.82, 2.24) is 19.8 Å². The van der Waals surface area contributed by atoms with Gasteiger partial charge in [-0.25, -0.2) is 9.97 Å². The molecule has 0 spiro atoms. The molecule has 0 unspecified atom stereocenters. The summed E-state index contributed by atoms with van der Waals surface area (Å²) in [5.41, 5.74) is 1.58. The van der Waals surface area contributed by atoms with Crippen LogP contribution in [0.1, 0.15) is 50.4 Å². The van der Waals surface area contributed by atoms with Crippen LogP contribution < -0.4 is 5.32 Å². The van der Waals surface area contributed by atoms with Gasteiger partial charge in [0.2, 0.25) is 0 Å². The van der Waals surface area contributed by atoms with Crippen LogP contribution in [-0.4, -0.2) is 65.1 Å². The first-order valence-electron chi connectivity index (χ1n) is 9.63. The lowest BCUT2D eigenvalue weighted by Gasteiger charge is -2.45. The second-order valence-electron chi connectivity index (χ2n) is 7.62. The Kier molecular flexibility index (Phi) is 5.72. The molecule has 1 aromatic rings. The Morgan fingerprint density at radius 2 is 1.88 bits per heavy atom. The van der Waals surface area contributed by atoms with Crippen LogP contribution in [-0.2, 0) is 6.42 Å². The van der Waals surface area contributed by atoms with Crippen molar-refractivity contribution in [2.45, 2.75) is 57.9 Å². The van der Waals surface area contributed by atoms with Gasteiger partial charge in [0.25, 0.3) is 0 Å². The molecule has 2 heterocycles. The Hall–Kier alpha value is -1.20. The van der Waals surface area contributed by atoms with Crippen LogP contribution in [0.25, 0.3) is 0 Å². The minimum atomic E-state index is 0.323. The van der Waals surface area contributed by atoms with Crippen molar-refractivity contribution < 1.29 is 0 Å². The molecule has 2 aliphatic rings. The third-order valence-corrected chi connectivity index (χ3v) is 5.80. The quantitative estimate of drug-likeness (QED) is 0.868. The van der Waals surface area contributed by atoms with Gasteiger partial charge in [-0.3, -0.25) is 4.90 Å². The third-order valence-electron chi connectivity index (χ3n) is 5.80. The number of hydrogen-bond acceptors (Lipinski definition) is 5. The molecule has 1 aromatic heterocycles. The molecule has 1 aliphatic carbocycles. The molecule has 5 nitrogen and oxygen atoms in total. The smallest absolute Gasteiger partial charge is 0.132 e.